The number of halogens is 1. The standard InChI is InChI=1S/C21H31N3O3.ClH/c1-27-16-21(9-11-22-12-10-21)15-23-20(26)18-8-5-13-24(18)19(25)14-17-6-3-2-4-7-17;/h2-4,6-7,18,22H,5,8-16H2,1H3,(H,23,26);1H. The summed E-state index contributed by atoms with van der Waals surface area (Å²) in [7, 11) is 1.71. The quantitative estimate of drug-likeness (QED) is 0.720. The zero-order chi connectivity index (χ0) is 19.1. The molecule has 0 aliphatic carbocycles. The molecule has 2 N–H and O–H groups in total. The maximum atomic E-state index is 12.8. The SMILES string of the molecule is COCC1(CNC(=O)C2CCCN2C(=O)Cc2ccccc2)CCNCC1.Cl. The van der Waals surface area contributed by atoms with E-state index in [0.717, 1.165) is 44.3 Å². The molecular weight excluding hydrogens is 378 g/mol. The minimum atomic E-state index is -0.345. The number of likely N-dealkylation sites (tertiary alicyclic amines) is 1. The Hall–Kier alpha value is -1.63. The van der Waals surface area contributed by atoms with Crippen molar-refractivity contribution < 1.29 is 14.3 Å². The fourth-order valence-corrected chi connectivity index (χ4v) is 4.24. The van der Waals surface area contributed by atoms with Gasteiger partial charge in [-0.05, 0) is 44.3 Å². The highest BCUT2D eigenvalue weighted by Crippen LogP contribution is 2.28. The molecule has 3 rings (SSSR count). The van der Waals surface area contributed by atoms with Crippen molar-refractivity contribution in [2.24, 2.45) is 5.41 Å². The number of piperidine rings is 1. The summed E-state index contributed by atoms with van der Waals surface area (Å²) in [5, 5.41) is 6.49. The Balaban J connectivity index is 0.00000280. The highest BCUT2D eigenvalue weighted by atomic mass is 35.5. The van der Waals surface area contributed by atoms with Crippen molar-refractivity contribution in [3.63, 3.8) is 0 Å². The molecule has 2 fully saturated rings. The van der Waals surface area contributed by atoms with Crippen LogP contribution in [0.4, 0.5) is 0 Å². The lowest BCUT2D eigenvalue weighted by atomic mass is 9.79. The molecule has 7 heteroatoms. The van der Waals surface area contributed by atoms with Crippen molar-refractivity contribution in [1.82, 2.24) is 15.5 Å². The van der Waals surface area contributed by atoms with Gasteiger partial charge in [-0.15, -0.1) is 12.4 Å². The van der Waals surface area contributed by atoms with Gasteiger partial charge in [0.2, 0.25) is 11.8 Å². The molecule has 2 aliphatic heterocycles. The van der Waals surface area contributed by atoms with Crippen LogP contribution in [0.2, 0.25) is 0 Å². The van der Waals surface area contributed by atoms with Crippen LogP contribution in [0.25, 0.3) is 0 Å². The van der Waals surface area contributed by atoms with Crippen LogP contribution in [-0.4, -0.2) is 62.7 Å². The van der Waals surface area contributed by atoms with Gasteiger partial charge in [-0.25, -0.2) is 0 Å². The van der Waals surface area contributed by atoms with Gasteiger partial charge in [-0.1, -0.05) is 30.3 Å². The Morgan fingerprint density at radius 3 is 2.64 bits per heavy atom. The smallest absolute Gasteiger partial charge is 0.242 e. The summed E-state index contributed by atoms with van der Waals surface area (Å²) in [6.45, 7) is 3.82. The first-order valence-electron chi connectivity index (χ1n) is 9.94. The van der Waals surface area contributed by atoms with Gasteiger partial charge in [0, 0.05) is 25.6 Å². The average Bonchev–Trinajstić information content (AvgIpc) is 3.18. The number of carbonyl (C=O) groups excluding carboxylic acids is 2. The van der Waals surface area contributed by atoms with Gasteiger partial charge in [0.1, 0.15) is 6.04 Å². The van der Waals surface area contributed by atoms with Crippen molar-refractivity contribution in [1.29, 1.82) is 0 Å². The third-order valence-corrected chi connectivity index (χ3v) is 5.83. The Kier molecular flexibility index (Phi) is 8.73. The van der Waals surface area contributed by atoms with Crippen molar-refractivity contribution in [3.8, 4) is 0 Å². The number of hydrogen-bond donors (Lipinski definition) is 2. The molecule has 2 aliphatic rings. The lowest BCUT2D eigenvalue weighted by Gasteiger charge is -2.37. The van der Waals surface area contributed by atoms with Gasteiger partial charge in [-0.2, -0.15) is 0 Å². The Labute approximate surface area is 173 Å². The van der Waals surface area contributed by atoms with Crippen LogP contribution in [-0.2, 0) is 20.7 Å². The molecule has 6 nitrogen and oxygen atoms in total. The van der Waals surface area contributed by atoms with Crippen LogP contribution in [0.3, 0.4) is 0 Å². The monoisotopic (exact) mass is 409 g/mol. The van der Waals surface area contributed by atoms with Crippen molar-refractivity contribution >= 4 is 24.2 Å². The van der Waals surface area contributed by atoms with E-state index < -0.39 is 0 Å². The molecule has 1 aromatic rings. The molecule has 1 atom stereocenters. The first kappa shape index (κ1) is 22.7. The highest BCUT2D eigenvalue weighted by Gasteiger charge is 2.37. The van der Waals surface area contributed by atoms with E-state index in [1.165, 1.54) is 0 Å². The van der Waals surface area contributed by atoms with E-state index in [-0.39, 0.29) is 35.7 Å². The van der Waals surface area contributed by atoms with Crippen LogP contribution in [0.15, 0.2) is 30.3 Å². The summed E-state index contributed by atoms with van der Waals surface area (Å²) in [4.78, 5) is 27.3. The average molecular weight is 410 g/mol. The normalized spacial score (nSPS) is 21.0. The second kappa shape index (κ2) is 10.8. The summed E-state index contributed by atoms with van der Waals surface area (Å²) in [5.74, 6) is 0.00948. The summed E-state index contributed by atoms with van der Waals surface area (Å²) < 4.78 is 5.42. The Morgan fingerprint density at radius 1 is 1.25 bits per heavy atom. The first-order valence-corrected chi connectivity index (χ1v) is 9.94. The fraction of sp³-hybridized carbons (Fsp3) is 0.619. The molecule has 28 heavy (non-hydrogen) atoms. The molecule has 2 amide bonds. The molecule has 2 heterocycles. The van der Waals surface area contributed by atoms with E-state index in [1.54, 1.807) is 12.0 Å². The second-order valence-electron chi connectivity index (χ2n) is 7.81. The molecule has 2 saturated heterocycles. The summed E-state index contributed by atoms with van der Waals surface area (Å²) >= 11 is 0. The molecule has 0 bridgehead atoms. The largest absolute Gasteiger partial charge is 0.384 e. The van der Waals surface area contributed by atoms with E-state index in [9.17, 15) is 9.59 Å². The minimum absolute atomic E-state index is 0. The summed E-state index contributed by atoms with van der Waals surface area (Å²) in [6, 6.07) is 9.37. The van der Waals surface area contributed by atoms with Crippen molar-refractivity contribution in [2.75, 3.05) is 39.9 Å². The van der Waals surface area contributed by atoms with Gasteiger partial charge in [0.05, 0.1) is 13.0 Å². The van der Waals surface area contributed by atoms with Crippen LogP contribution in [0, 0.1) is 5.41 Å². The van der Waals surface area contributed by atoms with Crippen molar-refractivity contribution in [3.05, 3.63) is 35.9 Å². The predicted molar refractivity (Wildman–Crippen MR) is 112 cm³/mol. The molecule has 156 valence electrons. The van der Waals surface area contributed by atoms with Crippen LogP contribution in [0.5, 0.6) is 0 Å². The number of hydrogen-bond acceptors (Lipinski definition) is 4. The number of amides is 2. The van der Waals surface area contributed by atoms with E-state index in [4.69, 9.17) is 4.74 Å². The number of benzene rings is 1. The predicted octanol–water partition coefficient (Wildman–Crippen LogP) is 1.77. The van der Waals surface area contributed by atoms with Crippen LogP contribution in [0.1, 0.15) is 31.2 Å². The van der Waals surface area contributed by atoms with Gasteiger partial charge in [0.15, 0.2) is 0 Å². The topological polar surface area (TPSA) is 70.7 Å². The van der Waals surface area contributed by atoms with Crippen molar-refractivity contribution in [2.45, 2.75) is 38.1 Å². The molecule has 0 aromatic heterocycles. The molecular formula is C21H32ClN3O3. The summed E-state index contributed by atoms with van der Waals surface area (Å²) in [5.41, 5.74) is 0.981. The summed E-state index contributed by atoms with van der Waals surface area (Å²) in [6.07, 6.45) is 3.95. The lowest BCUT2D eigenvalue weighted by Crippen LogP contribution is -2.51. The Bertz CT molecular complexity index is 630. The number of carbonyl (C=O) groups is 2. The van der Waals surface area contributed by atoms with Crippen LogP contribution < -0.4 is 10.6 Å². The van der Waals surface area contributed by atoms with E-state index >= 15 is 0 Å². The fourth-order valence-electron chi connectivity index (χ4n) is 4.24. The number of rotatable bonds is 7. The van der Waals surface area contributed by atoms with Crippen LogP contribution >= 0.6 is 12.4 Å². The number of ether oxygens (including phenoxy) is 1. The maximum absolute atomic E-state index is 12.8. The molecule has 0 saturated carbocycles. The maximum Gasteiger partial charge on any atom is 0.242 e. The molecule has 0 spiro atoms. The lowest BCUT2D eigenvalue weighted by molar-refractivity contribution is -0.138. The number of methoxy groups -OCH3 is 1. The Morgan fingerprint density at radius 2 is 1.96 bits per heavy atom. The number of nitrogens with one attached hydrogen (secondary N) is 2. The third kappa shape index (κ3) is 5.69. The van der Waals surface area contributed by atoms with Gasteiger partial charge in [-0.3, -0.25) is 9.59 Å². The molecule has 1 unspecified atom stereocenters. The molecule has 0 radical (unpaired) electrons. The van der Waals surface area contributed by atoms with Gasteiger partial charge >= 0.3 is 0 Å². The minimum Gasteiger partial charge on any atom is -0.384 e. The zero-order valence-corrected chi connectivity index (χ0v) is 17.4. The second-order valence-corrected chi connectivity index (χ2v) is 7.81. The van der Waals surface area contributed by atoms with Gasteiger partial charge in [0.25, 0.3) is 0 Å². The highest BCUT2D eigenvalue weighted by molar-refractivity contribution is 5.89. The first-order chi connectivity index (χ1) is 13.1. The van der Waals surface area contributed by atoms with E-state index in [1.807, 2.05) is 30.3 Å². The number of nitrogens with zero attached hydrogens (tertiary/aromatic N) is 1. The van der Waals surface area contributed by atoms with Gasteiger partial charge < -0.3 is 20.3 Å². The zero-order valence-electron chi connectivity index (χ0n) is 16.6. The molecule has 1 aromatic carbocycles. The van der Waals surface area contributed by atoms with E-state index in [2.05, 4.69) is 10.6 Å². The van der Waals surface area contributed by atoms with E-state index in [0.29, 0.717) is 26.1 Å². The third-order valence-electron chi connectivity index (χ3n) is 5.83.